The summed E-state index contributed by atoms with van der Waals surface area (Å²) in [5.74, 6) is 1.84. The standard InChI is InChI=1S/C25H25ClN2O6S/c1-35(30,31)28(19-10-12-23-24(17-19)33-15-14-32-23)13-5-8-25(29)27-21-16-18(26)9-11-22(21)34-20-6-3-2-4-7-20/h2-4,6-7,9-12,16-17H,5,8,13-15H2,1H3,(H,27,29). The van der Waals surface area contributed by atoms with Crippen LogP contribution in [0.2, 0.25) is 5.02 Å². The summed E-state index contributed by atoms with van der Waals surface area (Å²) in [4.78, 5) is 12.7. The molecule has 0 aliphatic carbocycles. The van der Waals surface area contributed by atoms with Crippen LogP contribution in [0.3, 0.4) is 0 Å². The lowest BCUT2D eigenvalue weighted by molar-refractivity contribution is -0.116. The van der Waals surface area contributed by atoms with Crippen molar-refractivity contribution in [3.05, 3.63) is 71.8 Å². The molecular formula is C25H25ClN2O6S. The summed E-state index contributed by atoms with van der Waals surface area (Å²) < 4.78 is 43.1. The monoisotopic (exact) mass is 516 g/mol. The van der Waals surface area contributed by atoms with Gasteiger partial charge in [0.2, 0.25) is 15.9 Å². The number of carbonyl (C=O) groups excluding carboxylic acids is 1. The van der Waals surface area contributed by atoms with Crippen molar-refractivity contribution in [1.82, 2.24) is 0 Å². The Morgan fingerprint density at radius 2 is 1.77 bits per heavy atom. The molecule has 3 aromatic carbocycles. The molecule has 184 valence electrons. The third-order valence-electron chi connectivity index (χ3n) is 5.17. The fourth-order valence-corrected chi connectivity index (χ4v) is 4.70. The van der Waals surface area contributed by atoms with Crippen molar-refractivity contribution < 1.29 is 27.4 Å². The summed E-state index contributed by atoms with van der Waals surface area (Å²) in [7, 11) is -3.58. The first-order valence-corrected chi connectivity index (χ1v) is 13.2. The Morgan fingerprint density at radius 1 is 1.03 bits per heavy atom. The van der Waals surface area contributed by atoms with Gasteiger partial charge >= 0.3 is 0 Å². The Balaban J connectivity index is 1.40. The zero-order valence-electron chi connectivity index (χ0n) is 19.1. The predicted octanol–water partition coefficient (Wildman–Crippen LogP) is 5.09. The molecule has 0 atom stereocenters. The van der Waals surface area contributed by atoms with Gasteiger partial charge in [0.25, 0.3) is 0 Å². The van der Waals surface area contributed by atoms with Crippen molar-refractivity contribution in [1.29, 1.82) is 0 Å². The molecule has 1 aliphatic rings. The number of amides is 1. The summed E-state index contributed by atoms with van der Waals surface area (Å²) in [5, 5.41) is 3.26. The third-order valence-corrected chi connectivity index (χ3v) is 6.59. The summed E-state index contributed by atoms with van der Waals surface area (Å²) >= 11 is 6.12. The topological polar surface area (TPSA) is 94.2 Å². The molecule has 35 heavy (non-hydrogen) atoms. The number of halogens is 1. The molecule has 0 fully saturated rings. The van der Waals surface area contributed by atoms with E-state index < -0.39 is 10.0 Å². The molecule has 3 aromatic rings. The van der Waals surface area contributed by atoms with Gasteiger partial charge in [-0.3, -0.25) is 9.10 Å². The van der Waals surface area contributed by atoms with Crippen LogP contribution in [0.15, 0.2) is 66.7 Å². The van der Waals surface area contributed by atoms with Crippen molar-refractivity contribution in [2.75, 3.05) is 35.6 Å². The molecule has 8 nitrogen and oxygen atoms in total. The summed E-state index contributed by atoms with van der Waals surface area (Å²) in [5.41, 5.74) is 0.878. The molecule has 1 aliphatic heterocycles. The number of sulfonamides is 1. The minimum atomic E-state index is -3.58. The normalized spacial score (nSPS) is 12.6. The Hall–Kier alpha value is -3.43. The molecule has 0 aromatic heterocycles. The number of ether oxygens (including phenoxy) is 3. The quantitative estimate of drug-likeness (QED) is 0.426. The van der Waals surface area contributed by atoms with E-state index in [-0.39, 0.29) is 18.9 Å². The fourth-order valence-electron chi connectivity index (χ4n) is 3.57. The molecule has 1 N–H and O–H groups in total. The third kappa shape index (κ3) is 6.58. The Labute approximate surface area is 209 Å². The van der Waals surface area contributed by atoms with E-state index in [2.05, 4.69) is 5.32 Å². The van der Waals surface area contributed by atoms with E-state index in [1.165, 1.54) is 4.31 Å². The zero-order valence-corrected chi connectivity index (χ0v) is 20.6. The maximum atomic E-state index is 12.7. The van der Waals surface area contributed by atoms with Crippen LogP contribution in [0.5, 0.6) is 23.0 Å². The van der Waals surface area contributed by atoms with Gasteiger partial charge in [-0.05, 0) is 48.9 Å². The first-order valence-electron chi connectivity index (χ1n) is 11.0. The number of rotatable bonds is 9. The molecule has 10 heteroatoms. The molecular weight excluding hydrogens is 492 g/mol. The van der Waals surface area contributed by atoms with Crippen LogP contribution >= 0.6 is 11.6 Å². The second-order valence-corrected chi connectivity index (χ2v) is 10.2. The van der Waals surface area contributed by atoms with Gasteiger partial charge in [-0.2, -0.15) is 0 Å². The number of para-hydroxylation sites is 1. The van der Waals surface area contributed by atoms with Gasteiger partial charge in [0.1, 0.15) is 19.0 Å². The van der Waals surface area contributed by atoms with Crippen LogP contribution in [0, 0.1) is 0 Å². The Kier molecular flexibility index (Phi) is 7.67. The van der Waals surface area contributed by atoms with Gasteiger partial charge in [-0.15, -0.1) is 0 Å². The molecule has 0 saturated heterocycles. The number of nitrogens with one attached hydrogen (secondary N) is 1. The van der Waals surface area contributed by atoms with E-state index in [9.17, 15) is 13.2 Å². The summed E-state index contributed by atoms with van der Waals surface area (Å²) in [6.45, 7) is 0.964. The van der Waals surface area contributed by atoms with Gasteiger partial charge in [-0.1, -0.05) is 29.8 Å². The average Bonchev–Trinajstić information content (AvgIpc) is 2.83. The second-order valence-electron chi connectivity index (χ2n) is 7.87. The number of hydrogen-bond donors (Lipinski definition) is 1. The van der Waals surface area contributed by atoms with Crippen molar-refractivity contribution >= 4 is 38.9 Å². The maximum Gasteiger partial charge on any atom is 0.232 e. The first kappa shape index (κ1) is 24.7. The fraction of sp³-hybridized carbons (Fsp3) is 0.240. The van der Waals surface area contributed by atoms with Crippen molar-refractivity contribution in [2.45, 2.75) is 12.8 Å². The number of nitrogens with zero attached hydrogens (tertiary/aromatic N) is 1. The van der Waals surface area contributed by atoms with Gasteiger partial charge < -0.3 is 19.5 Å². The number of hydrogen-bond acceptors (Lipinski definition) is 6. The van der Waals surface area contributed by atoms with Crippen LogP contribution in [0.1, 0.15) is 12.8 Å². The van der Waals surface area contributed by atoms with Crippen molar-refractivity contribution in [3.8, 4) is 23.0 Å². The molecule has 0 saturated carbocycles. The number of anilines is 2. The van der Waals surface area contributed by atoms with Crippen LogP contribution in [-0.4, -0.2) is 40.3 Å². The minimum Gasteiger partial charge on any atom is -0.486 e. The highest BCUT2D eigenvalue weighted by atomic mass is 35.5. The lowest BCUT2D eigenvalue weighted by atomic mass is 10.2. The predicted molar refractivity (Wildman–Crippen MR) is 135 cm³/mol. The van der Waals surface area contributed by atoms with Crippen molar-refractivity contribution in [3.63, 3.8) is 0 Å². The maximum absolute atomic E-state index is 12.7. The van der Waals surface area contributed by atoms with Crippen LogP contribution in [0.4, 0.5) is 11.4 Å². The van der Waals surface area contributed by atoms with Crippen LogP contribution < -0.4 is 23.8 Å². The molecule has 1 amide bonds. The zero-order chi connectivity index (χ0) is 24.8. The Morgan fingerprint density at radius 3 is 2.51 bits per heavy atom. The molecule has 0 spiro atoms. The molecule has 4 rings (SSSR count). The second kappa shape index (κ2) is 10.9. The molecule has 0 bridgehead atoms. The SMILES string of the molecule is CS(=O)(=O)N(CCCC(=O)Nc1cc(Cl)ccc1Oc1ccccc1)c1ccc2c(c1)OCCO2. The first-order chi connectivity index (χ1) is 16.8. The lowest BCUT2D eigenvalue weighted by Gasteiger charge is -2.25. The van der Waals surface area contributed by atoms with E-state index in [4.69, 9.17) is 25.8 Å². The highest BCUT2D eigenvalue weighted by Gasteiger charge is 2.21. The van der Waals surface area contributed by atoms with Crippen LogP contribution in [0.25, 0.3) is 0 Å². The van der Waals surface area contributed by atoms with Gasteiger partial charge in [0, 0.05) is 24.1 Å². The van der Waals surface area contributed by atoms with E-state index >= 15 is 0 Å². The van der Waals surface area contributed by atoms with E-state index in [1.807, 2.05) is 18.2 Å². The summed E-state index contributed by atoms with van der Waals surface area (Å²) in [6.07, 6.45) is 1.51. The Bertz CT molecular complexity index is 1300. The number of carbonyl (C=O) groups is 1. The number of fused-ring (bicyclic) bond motifs is 1. The van der Waals surface area contributed by atoms with E-state index in [1.54, 1.807) is 48.5 Å². The molecule has 0 unspecified atom stereocenters. The highest BCUT2D eigenvalue weighted by molar-refractivity contribution is 7.92. The minimum absolute atomic E-state index is 0.0911. The average molecular weight is 517 g/mol. The molecule has 0 radical (unpaired) electrons. The van der Waals surface area contributed by atoms with Gasteiger partial charge in [0.15, 0.2) is 17.2 Å². The number of benzene rings is 3. The van der Waals surface area contributed by atoms with Crippen molar-refractivity contribution in [2.24, 2.45) is 0 Å². The molecule has 1 heterocycles. The van der Waals surface area contributed by atoms with Gasteiger partial charge in [-0.25, -0.2) is 8.42 Å². The highest BCUT2D eigenvalue weighted by Crippen LogP contribution is 2.35. The lowest BCUT2D eigenvalue weighted by Crippen LogP contribution is -2.31. The van der Waals surface area contributed by atoms with E-state index in [0.29, 0.717) is 59.0 Å². The largest absolute Gasteiger partial charge is 0.486 e. The summed E-state index contributed by atoms with van der Waals surface area (Å²) in [6, 6.07) is 19.1. The van der Waals surface area contributed by atoms with Gasteiger partial charge in [0.05, 0.1) is 17.6 Å². The van der Waals surface area contributed by atoms with E-state index in [0.717, 1.165) is 6.26 Å². The smallest absolute Gasteiger partial charge is 0.232 e. The van der Waals surface area contributed by atoms with Crippen LogP contribution in [-0.2, 0) is 14.8 Å².